The van der Waals surface area contributed by atoms with E-state index in [9.17, 15) is 4.79 Å². The molecule has 0 saturated carbocycles. The van der Waals surface area contributed by atoms with Crippen molar-refractivity contribution in [2.24, 2.45) is 0 Å². The lowest BCUT2D eigenvalue weighted by Crippen LogP contribution is -2.37. The summed E-state index contributed by atoms with van der Waals surface area (Å²) >= 11 is 6.04. The van der Waals surface area contributed by atoms with Crippen LogP contribution < -0.4 is 10.5 Å². The van der Waals surface area contributed by atoms with Crippen molar-refractivity contribution < 1.29 is 9.15 Å². The number of aromatic nitrogens is 1. The van der Waals surface area contributed by atoms with Crippen molar-refractivity contribution in [3.8, 4) is 11.1 Å². The van der Waals surface area contributed by atoms with Gasteiger partial charge in [-0.15, -0.1) is 0 Å². The number of hydrogen-bond donors (Lipinski definition) is 0. The van der Waals surface area contributed by atoms with Crippen molar-refractivity contribution in [2.45, 2.75) is 0 Å². The highest BCUT2D eigenvalue weighted by molar-refractivity contribution is 6.30. The highest BCUT2D eigenvalue weighted by atomic mass is 35.5. The highest BCUT2D eigenvalue weighted by Crippen LogP contribution is 2.35. The predicted octanol–water partition coefficient (Wildman–Crippen LogP) is 4.50. The average molecular weight is 393 g/mol. The maximum absolute atomic E-state index is 12.9. The van der Waals surface area contributed by atoms with Crippen LogP contribution in [0.1, 0.15) is 0 Å². The maximum Gasteiger partial charge on any atom is 0.301 e. The Kier molecular flexibility index (Phi) is 4.26. The van der Waals surface area contributed by atoms with Gasteiger partial charge in [0, 0.05) is 23.5 Å². The van der Waals surface area contributed by atoms with E-state index in [1.165, 1.54) is 0 Å². The average Bonchev–Trinajstić information content (AvgIpc) is 2.74. The first-order chi connectivity index (χ1) is 13.7. The second kappa shape index (κ2) is 6.93. The summed E-state index contributed by atoms with van der Waals surface area (Å²) < 4.78 is 11.5. The molecule has 1 fully saturated rings. The SMILES string of the molecule is O=c1nc(N2CCOCC2)oc2c1cc(-c1ccc(Cl)cc1)c1ccccc12. The molecule has 140 valence electrons. The number of rotatable bonds is 2. The Labute approximate surface area is 166 Å². The van der Waals surface area contributed by atoms with Gasteiger partial charge in [0.15, 0.2) is 5.58 Å². The van der Waals surface area contributed by atoms with Crippen LogP contribution in [-0.4, -0.2) is 31.3 Å². The minimum absolute atomic E-state index is 0.288. The van der Waals surface area contributed by atoms with Gasteiger partial charge in [-0.1, -0.05) is 48.0 Å². The molecule has 1 aliphatic heterocycles. The summed E-state index contributed by atoms with van der Waals surface area (Å²) in [6, 6.07) is 17.7. The molecule has 1 saturated heterocycles. The Hall–Kier alpha value is -2.89. The summed E-state index contributed by atoms with van der Waals surface area (Å²) in [5.41, 5.74) is 2.21. The maximum atomic E-state index is 12.9. The first-order valence-electron chi connectivity index (χ1n) is 9.16. The third-order valence-corrected chi connectivity index (χ3v) is 5.30. The van der Waals surface area contributed by atoms with Crippen molar-refractivity contribution in [1.82, 2.24) is 4.98 Å². The third-order valence-electron chi connectivity index (χ3n) is 5.05. The summed E-state index contributed by atoms with van der Waals surface area (Å²) in [5, 5.41) is 3.05. The summed E-state index contributed by atoms with van der Waals surface area (Å²) in [7, 11) is 0. The highest BCUT2D eigenvalue weighted by Gasteiger charge is 2.19. The number of ether oxygens (including phenoxy) is 1. The Balaban J connectivity index is 1.78. The van der Waals surface area contributed by atoms with Crippen LogP contribution in [-0.2, 0) is 4.74 Å². The first-order valence-corrected chi connectivity index (χ1v) is 9.54. The molecule has 0 amide bonds. The van der Waals surface area contributed by atoms with Gasteiger partial charge >= 0.3 is 6.01 Å². The van der Waals surface area contributed by atoms with Gasteiger partial charge in [-0.05, 0) is 34.7 Å². The van der Waals surface area contributed by atoms with Gasteiger partial charge in [-0.2, -0.15) is 4.98 Å². The van der Waals surface area contributed by atoms with Crippen molar-refractivity contribution in [1.29, 1.82) is 0 Å². The van der Waals surface area contributed by atoms with Gasteiger partial charge in [0.1, 0.15) is 0 Å². The van der Waals surface area contributed by atoms with Gasteiger partial charge in [-0.3, -0.25) is 4.79 Å². The molecule has 1 aromatic heterocycles. The predicted molar refractivity (Wildman–Crippen MR) is 111 cm³/mol. The topological polar surface area (TPSA) is 55.6 Å². The van der Waals surface area contributed by atoms with E-state index in [-0.39, 0.29) is 5.56 Å². The molecular formula is C22H17ClN2O3. The van der Waals surface area contributed by atoms with Crippen LogP contribution >= 0.6 is 11.6 Å². The number of halogens is 1. The van der Waals surface area contributed by atoms with Crippen molar-refractivity contribution >= 4 is 39.4 Å². The fourth-order valence-corrected chi connectivity index (χ4v) is 3.76. The van der Waals surface area contributed by atoms with Gasteiger partial charge in [0.05, 0.1) is 18.6 Å². The lowest BCUT2D eigenvalue weighted by Gasteiger charge is -2.26. The van der Waals surface area contributed by atoms with E-state index in [0.29, 0.717) is 48.3 Å². The Bertz CT molecular complexity index is 1230. The number of morpholine rings is 1. The minimum Gasteiger partial charge on any atom is -0.424 e. The third kappa shape index (κ3) is 2.93. The molecule has 3 aromatic carbocycles. The number of hydrogen-bond acceptors (Lipinski definition) is 5. The van der Waals surface area contributed by atoms with E-state index in [0.717, 1.165) is 21.9 Å². The molecule has 0 bridgehead atoms. The first kappa shape index (κ1) is 17.2. The lowest BCUT2D eigenvalue weighted by molar-refractivity contribution is 0.120. The molecule has 0 spiro atoms. The summed E-state index contributed by atoms with van der Waals surface area (Å²) in [5.74, 6) is 0. The molecule has 0 atom stereocenters. The standard InChI is InChI=1S/C22H17ClN2O3/c23-15-7-5-14(6-8-15)18-13-19-20(17-4-2-1-3-16(17)18)28-22(24-21(19)26)25-9-11-27-12-10-25/h1-8,13H,9-12H2. The van der Waals surface area contributed by atoms with Crippen LogP contribution in [0.3, 0.4) is 0 Å². The monoisotopic (exact) mass is 392 g/mol. The zero-order valence-corrected chi connectivity index (χ0v) is 15.8. The molecule has 0 unspecified atom stereocenters. The molecule has 1 aliphatic rings. The number of nitrogens with zero attached hydrogens (tertiary/aromatic N) is 2. The van der Waals surface area contributed by atoms with E-state index in [4.69, 9.17) is 20.8 Å². The van der Waals surface area contributed by atoms with E-state index < -0.39 is 0 Å². The van der Waals surface area contributed by atoms with E-state index in [1.54, 1.807) is 0 Å². The Morgan fingerprint density at radius 2 is 1.64 bits per heavy atom. The normalized spacial score (nSPS) is 14.7. The zero-order valence-electron chi connectivity index (χ0n) is 15.0. The number of benzene rings is 3. The number of anilines is 1. The summed E-state index contributed by atoms with van der Waals surface area (Å²) in [4.78, 5) is 19.0. The van der Waals surface area contributed by atoms with E-state index in [1.807, 2.05) is 59.5 Å². The van der Waals surface area contributed by atoms with Crippen molar-refractivity contribution in [2.75, 3.05) is 31.2 Å². The van der Waals surface area contributed by atoms with Crippen LogP contribution in [0.2, 0.25) is 5.02 Å². The van der Waals surface area contributed by atoms with Gasteiger partial charge in [0.2, 0.25) is 0 Å². The summed E-state index contributed by atoms with van der Waals surface area (Å²) in [6.07, 6.45) is 0. The largest absolute Gasteiger partial charge is 0.424 e. The van der Waals surface area contributed by atoms with Crippen LogP contribution in [0.25, 0.3) is 32.9 Å². The second-order valence-corrected chi connectivity index (χ2v) is 7.19. The molecule has 0 radical (unpaired) electrons. The molecular weight excluding hydrogens is 376 g/mol. The van der Waals surface area contributed by atoms with Crippen LogP contribution in [0.15, 0.2) is 63.8 Å². The fraction of sp³-hybridized carbons (Fsp3) is 0.182. The Morgan fingerprint density at radius 1 is 0.929 bits per heavy atom. The number of fused-ring (bicyclic) bond motifs is 3. The van der Waals surface area contributed by atoms with Crippen LogP contribution in [0.4, 0.5) is 6.01 Å². The molecule has 0 N–H and O–H groups in total. The fourth-order valence-electron chi connectivity index (χ4n) is 3.64. The van der Waals surface area contributed by atoms with E-state index >= 15 is 0 Å². The van der Waals surface area contributed by atoms with Crippen molar-refractivity contribution in [3.05, 3.63) is 70.0 Å². The smallest absolute Gasteiger partial charge is 0.301 e. The quantitative estimate of drug-likeness (QED) is 0.470. The van der Waals surface area contributed by atoms with Gasteiger partial charge < -0.3 is 14.1 Å². The van der Waals surface area contributed by atoms with Crippen LogP contribution in [0, 0.1) is 0 Å². The molecule has 6 heteroatoms. The molecule has 2 heterocycles. The zero-order chi connectivity index (χ0) is 19.1. The summed E-state index contributed by atoms with van der Waals surface area (Å²) in [6.45, 7) is 2.50. The van der Waals surface area contributed by atoms with E-state index in [2.05, 4.69) is 4.98 Å². The van der Waals surface area contributed by atoms with Gasteiger partial charge in [-0.25, -0.2) is 0 Å². The molecule has 5 rings (SSSR count). The van der Waals surface area contributed by atoms with Crippen molar-refractivity contribution in [3.63, 3.8) is 0 Å². The molecule has 4 aromatic rings. The van der Waals surface area contributed by atoms with Crippen LogP contribution in [0.5, 0.6) is 0 Å². The molecule has 0 aliphatic carbocycles. The Morgan fingerprint density at radius 3 is 2.39 bits per heavy atom. The molecule has 28 heavy (non-hydrogen) atoms. The minimum atomic E-state index is -0.288. The second-order valence-electron chi connectivity index (χ2n) is 6.75. The lowest BCUT2D eigenvalue weighted by atomic mass is 9.96. The molecule has 5 nitrogen and oxygen atoms in total. The van der Waals surface area contributed by atoms with Gasteiger partial charge in [0.25, 0.3) is 5.56 Å².